The van der Waals surface area contributed by atoms with Crippen molar-refractivity contribution in [3.63, 3.8) is 0 Å². The molecule has 1 fully saturated rings. The van der Waals surface area contributed by atoms with Gasteiger partial charge in [0.2, 0.25) is 11.8 Å². The Kier molecular flexibility index (Phi) is 9.43. The molecule has 3 N–H and O–H groups in total. The number of nitrogens with one attached hydrogen (secondary N) is 2. The van der Waals surface area contributed by atoms with E-state index in [9.17, 15) is 19.5 Å². The van der Waals surface area contributed by atoms with E-state index < -0.39 is 6.09 Å². The molecular formula is C33H30Cl2N6O6. The van der Waals surface area contributed by atoms with Crippen LogP contribution in [-0.2, 0) is 22.7 Å². The number of ether oxygens (including phenoxy) is 2. The second kappa shape index (κ2) is 13.8. The van der Waals surface area contributed by atoms with E-state index in [-0.39, 0.29) is 49.8 Å². The number of amides is 2. The normalized spacial score (nSPS) is 14.3. The number of aliphatic hydroxyl groups excluding tert-OH is 1. The van der Waals surface area contributed by atoms with Crippen molar-refractivity contribution in [2.45, 2.75) is 32.0 Å². The fourth-order valence-electron chi connectivity index (χ4n) is 5.46. The Labute approximate surface area is 278 Å². The number of aromatic nitrogens is 4. The number of aliphatic hydroxyl groups is 1. The molecule has 47 heavy (non-hydrogen) atoms. The number of carbonyl (C=O) groups excluding carboxylic acids is 2. The second-order valence-corrected chi connectivity index (χ2v) is 11.6. The van der Waals surface area contributed by atoms with Crippen molar-refractivity contribution < 1.29 is 24.2 Å². The first-order valence-electron chi connectivity index (χ1n) is 14.8. The van der Waals surface area contributed by atoms with Gasteiger partial charge in [0.15, 0.2) is 5.65 Å². The smallest absolute Gasteiger partial charge is 0.407 e. The molecule has 4 heterocycles. The van der Waals surface area contributed by atoms with Gasteiger partial charge >= 0.3 is 11.8 Å². The van der Waals surface area contributed by atoms with Crippen LogP contribution in [0.1, 0.15) is 18.4 Å². The Balaban J connectivity index is 1.24. The molecule has 0 unspecified atom stereocenters. The minimum Gasteiger partial charge on any atom is -0.481 e. The average molecular weight is 678 g/mol. The maximum atomic E-state index is 12.8. The third kappa shape index (κ3) is 6.66. The zero-order valence-corrected chi connectivity index (χ0v) is 26.7. The highest BCUT2D eigenvalue weighted by atomic mass is 35.5. The van der Waals surface area contributed by atoms with E-state index in [0.29, 0.717) is 67.6 Å². The van der Waals surface area contributed by atoms with Crippen molar-refractivity contribution in [3.05, 3.63) is 93.0 Å². The van der Waals surface area contributed by atoms with Crippen LogP contribution in [-0.4, -0.2) is 62.6 Å². The number of methoxy groups -OCH3 is 1. The number of hydrogen-bond donors (Lipinski definition) is 3. The molecule has 0 radical (unpaired) electrons. The van der Waals surface area contributed by atoms with Crippen LogP contribution < -0.4 is 21.1 Å². The van der Waals surface area contributed by atoms with Crippen LogP contribution in [0.4, 0.5) is 4.79 Å². The minimum atomic E-state index is -0.615. The highest BCUT2D eigenvalue weighted by Gasteiger charge is 2.22. The summed E-state index contributed by atoms with van der Waals surface area (Å²) in [6, 6.07) is 18.1. The summed E-state index contributed by atoms with van der Waals surface area (Å²) >= 11 is 14.0. The van der Waals surface area contributed by atoms with Crippen molar-refractivity contribution in [2.24, 2.45) is 0 Å². The average Bonchev–Trinajstić information content (AvgIpc) is 3.64. The molecule has 5 aromatic rings. The van der Waals surface area contributed by atoms with E-state index >= 15 is 0 Å². The molecule has 6 rings (SSSR count). The highest BCUT2D eigenvalue weighted by Crippen LogP contribution is 2.42. The number of rotatable bonds is 10. The van der Waals surface area contributed by atoms with Gasteiger partial charge in [0, 0.05) is 53.0 Å². The van der Waals surface area contributed by atoms with Crippen molar-refractivity contribution in [1.82, 2.24) is 29.8 Å². The molecule has 242 valence electrons. The van der Waals surface area contributed by atoms with Gasteiger partial charge in [0.25, 0.3) is 0 Å². The molecule has 12 nitrogen and oxygen atoms in total. The maximum absolute atomic E-state index is 12.8. The van der Waals surface area contributed by atoms with Crippen LogP contribution in [0.2, 0.25) is 10.0 Å². The molecule has 0 spiro atoms. The van der Waals surface area contributed by atoms with Gasteiger partial charge in [-0.3, -0.25) is 4.79 Å². The van der Waals surface area contributed by atoms with E-state index in [4.69, 9.17) is 32.7 Å². The summed E-state index contributed by atoms with van der Waals surface area (Å²) in [5, 5.41) is 19.8. The summed E-state index contributed by atoms with van der Waals surface area (Å²) in [5.41, 5.74) is 4.57. The number of carbonyl (C=O) groups is 2. The summed E-state index contributed by atoms with van der Waals surface area (Å²) in [6.07, 6.45) is 2.17. The monoisotopic (exact) mass is 676 g/mol. The Morgan fingerprint density at radius 2 is 1.74 bits per heavy atom. The second-order valence-electron chi connectivity index (χ2n) is 10.8. The zero-order chi connectivity index (χ0) is 33.1. The lowest BCUT2D eigenvalue weighted by atomic mass is 9.97. The van der Waals surface area contributed by atoms with Crippen LogP contribution in [0.15, 0.2) is 71.7 Å². The number of hydrogen-bond acceptors (Lipinski definition) is 8. The summed E-state index contributed by atoms with van der Waals surface area (Å²) in [6.45, 7) is 0.106. The van der Waals surface area contributed by atoms with E-state index in [1.807, 2.05) is 42.5 Å². The van der Waals surface area contributed by atoms with Gasteiger partial charge in [0.05, 0.1) is 41.6 Å². The summed E-state index contributed by atoms with van der Waals surface area (Å²) in [4.78, 5) is 41.0. The largest absolute Gasteiger partial charge is 0.481 e. The Morgan fingerprint density at radius 3 is 2.45 bits per heavy atom. The fraction of sp³-hybridized carbons (Fsp3) is 0.242. The Morgan fingerprint density at radius 1 is 1.02 bits per heavy atom. The lowest BCUT2D eigenvalue weighted by Crippen LogP contribution is -2.38. The molecule has 0 bridgehead atoms. The van der Waals surface area contributed by atoms with E-state index in [2.05, 4.69) is 20.7 Å². The molecule has 3 aromatic heterocycles. The van der Waals surface area contributed by atoms with Crippen LogP contribution in [0.3, 0.4) is 0 Å². The van der Waals surface area contributed by atoms with E-state index in [1.54, 1.807) is 24.4 Å². The number of nitrogens with zero attached hydrogens (tertiary/aromatic N) is 4. The zero-order valence-electron chi connectivity index (χ0n) is 25.2. The van der Waals surface area contributed by atoms with Crippen molar-refractivity contribution >= 4 is 40.8 Å². The number of benzene rings is 2. The third-order valence-electron chi connectivity index (χ3n) is 7.83. The van der Waals surface area contributed by atoms with Crippen LogP contribution in [0.25, 0.3) is 39.2 Å². The first-order valence-corrected chi connectivity index (χ1v) is 15.5. The SMILES string of the molecule is COc1nc(-c2cccc(-c3cccc(-c4ccc5nn(CCO)c(=O)n5c4)c3Cl)c2Cl)ccc1COC(=O)NC[C@@H]1CCC(=O)N1. The molecule has 1 atom stereocenters. The van der Waals surface area contributed by atoms with Gasteiger partial charge in [0.1, 0.15) is 6.61 Å². The van der Waals surface area contributed by atoms with Crippen LogP contribution >= 0.6 is 23.2 Å². The lowest BCUT2D eigenvalue weighted by Gasteiger charge is -2.15. The van der Waals surface area contributed by atoms with Crippen molar-refractivity contribution in [3.8, 4) is 39.4 Å². The van der Waals surface area contributed by atoms with Gasteiger partial charge in [-0.25, -0.2) is 23.7 Å². The predicted octanol–water partition coefficient (Wildman–Crippen LogP) is 4.70. The number of halogens is 2. The van der Waals surface area contributed by atoms with Gasteiger partial charge in [-0.2, -0.15) is 0 Å². The predicted molar refractivity (Wildman–Crippen MR) is 177 cm³/mol. The first-order chi connectivity index (χ1) is 22.8. The summed E-state index contributed by atoms with van der Waals surface area (Å²) in [7, 11) is 1.48. The van der Waals surface area contributed by atoms with E-state index in [1.165, 1.54) is 16.2 Å². The van der Waals surface area contributed by atoms with Crippen LogP contribution in [0.5, 0.6) is 5.88 Å². The quantitative estimate of drug-likeness (QED) is 0.193. The molecule has 1 aliphatic rings. The Hall–Kier alpha value is -4.91. The third-order valence-corrected chi connectivity index (χ3v) is 8.65. The number of pyridine rings is 2. The maximum Gasteiger partial charge on any atom is 0.407 e. The van der Waals surface area contributed by atoms with Gasteiger partial charge in [-0.15, -0.1) is 5.10 Å². The topological polar surface area (TPSA) is 149 Å². The Bertz CT molecular complexity index is 2040. The first kappa shape index (κ1) is 32.0. The molecule has 1 saturated heterocycles. The van der Waals surface area contributed by atoms with Crippen molar-refractivity contribution in [2.75, 3.05) is 20.3 Å². The minimum absolute atomic E-state index is 0.0272. The number of fused-ring (bicyclic) bond motifs is 1. The van der Waals surface area contributed by atoms with Crippen molar-refractivity contribution in [1.29, 1.82) is 0 Å². The van der Waals surface area contributed by atoms with Gasteiger partial charge in [-0.05, 0) is 30.7 Å². The highest BCUT2D eigenvalue weighted by molar-refractivity contribution is 6.39. The fourth-order valence-corrected chi connectivity index (χ4v) is 6.12. The molecular weight excluding hydrogens is 647 g/mol. The molecule has 2 amide bonds. The van der Waals surface area contributed by atoms with Crippen LogP contribution in [0, 0.1) is 0 Å². The summed E-state index contributed by atoms with van der Waals surface area (Å²) < 4.78 is 13.5. The molecule has 1 aliphatic heterocycles. The standard InChI is InChI=1S/C33H30Cl2N6O6/c1-46-31-20(18-47-32(44)36-16-21-10-13-28(43)37-21)8-11-26(38-31)25-7-3-6-24(30(25)35)23-5-2-4-22(29(23)34)19-9-12-27-39-41(14-15-42)33(45)40(27)17-19/h2-9,11-12,17,21,42H,10,13-16,18H2,1H3,(H,36,44)(H,37,43)/t21-/m0/s1. The molecule has 2 aromatic carbocycles. The lowest BCUT2D eigenvalue weighted by molar-refractivity contribution is -0.119. The molecule has 14 heteroatoms. The summed E-state index contributed by atoms with van der Waals surface area (Å²) in [5.74, 6) is 0.244. The van der Waals surface area contributed by atoms with Gasteiger partial charge < -0.3 is 25.2 Å². The molecule has 0 aliphatic carbocycles. The molecule has 0 saturated carbocycles. The number of alkyl carbamates (subject to hydrolysis) is 1. The van der Waals surface area contributed by atoms with E-state index in [0.717, 1.165) is 0 Å². The van der Waals surface area contributed by atoms with Gasteiger partial charge in [-0.1, -0.05) is 59.6 Å².